The number of rotatable bonds is 5. The van der Waals surface area contributed by atoms with Crippen molar-refractivity contribution < 1.29 is 4.79 Å². The van der Waals surface area contributed by atoms with E-state index in [0.717, 1.165) is 32.5 Å². The van der Waals surface area contributed by atoms with Crippen molar-refractivity contribution >= 4 is 5.91 Å². The first-order valence-electron chi connectivity index (χ1n) is 8.25. The minimum absolute atomic E-state index is 0.200. The van der Waals surface area contributed by atoms with Crippen molar-refractivity contribution in [3.05, 3.63) is 0 Å². The molecule has 0 unspecified atom stereocenters. The molecular weight excluding hydrogens is 262 g/mol. The summed E-state index contributed by atoms with van der Waals surface area (Å²) in [7, 11) is 2.18. The normalized spacial score (nSPS) is 18.7. The monoisotopic (exact) mass is 297 g/mol. The largest absolute Gasteiger partial charge is 0.342 e. The highest BCUT2D eigenvalue weighted by atomic mass is 16.2. The summed E-state index contributed by atoms with van der Waals surface area (Å²) in [6.45, 7) is 15.1. The van der Waals surface area contributed by atoms with E-state index in [1.807, 2.05) is 32.6 Å². The number of carbonyl (C=O) groups is 1. The average Bonchev–Trinajstić information content (AvgIpc) is 2.37. The van der Waals surface area contributed by atoms with Crippen LogP contribution in [0.5, 0.6) is 0 Å². The lowest BCUT2D eigenvalue weighted by molar-refractivity contribution is -0.145. The summed E-state index contributed by atoms with van der Waals surface area (Å²) >= 11 is 0. The second-order valence-electron chi connectivity index (χ2n) is 8.12. The molecule has 1 rings (SSSR count). The van der Waals surface area contributed by atoms with Gasteiger partial charge in [0.05, 0.1) is 5.41 Å². The molecule has 1 fully saturated rings. The smallest absolute Gasteiger partial charge is 0.230 e. The van der Waals surface area contributed by atoms with Crippen molar-refractivity contribution in [1.29, 1.82) is 0 Å². The number of amides is 1. The number of piperidine rings is 1. The Morgan fingerprint density at radius 1 is 1.24 bits per heavy atom. The maximum atomic E-state index is 12.7. The van der Waals surface area contributed by atoms with Gasteiger partial charge in [-0.25, -0.2) is 0 Å². The van der Waals surface area contributed by atoms with Crippen LogP contribution in [0, 0.1) is 11.3 Å². The van der Waals surface area contributed by atoms with Gasteiger partial charge >= 0.3 is 0 Å². The second-order valence-corrected chi connectivity index (χ2v) is 8.12. The number of hydrogen-bond acceptors (Lipinski definition) is 3. The topological polar surface area (TPSA) is 49.6 Å². The SMILES string of the molecule is CC(C)N(C)CC1CCN(C(=O)C(C)(C)C(C)(C)N)CC1. The number of likely N-dealkylation sites (tertiary alicyclic amines) is 1. The van der Waals surface area contributed by atoms with Gasteiger partial charge in [0, 0.05) is 31.2 Å². The maximum Gasteiger partial charge on any atom is 0.230 e. The van der Waals surface area contributed by atoms with Crippen LogP contribution in [0.25, 0.3) is 0 Å². The van der Waals surface area contributed by atoms with Crippen molar-refractivity contribution in [1.82, 2.24) is 9.80 Å². The van der Waals surface area contributed by atoms with Gasteiger partial charge in [0.15, 0.2) is 0 Å². The Morgan fingerprint density at radius 2 is 1.71 bits per heavy atom. The van der Waals surface area contributed by atoms with E-state index in [9.17, 15) is 4.79 Å². The Morgan fingerprint density at radius 3 is 2.10 bits per heavy atom. The summed E-state index contributed by atoms with van der Waals surface area (Å²) in [5.41, 5.74) is 5.17. The van der Waals surface area contributed by atoms with Gasteiger partial charge in [-0.05, 0) is 67.3 Å². The van der Waals surface area contributed by atoms with Gasteiger partial charge in [-0.15, -0.1) is 0 Å². The molecule has 1 saturated heterocycles. The molecular formula is C17H35N3O. The van der Waals surface area contributed by atoms with Crippen LogP contribution in [0.4, 0.5) is 0 Å². The lowest BCUT2D eigenvalue weighted by Crippen LogP contribution is -2.57. The third-order valence-electron chi connectivity index (χ3n) is 5.47. The first-order chi connectivity index (χ1) is 9.46. The molecule has 0 bridgehead atoms. The lowest BCUT2D eigenvalue weighted by Gasteiger charge is -2.43. The Bertz CT molecular complexity index is 350. The van der Waals surface area contributed by atoms with Crippen LogP contribution >= 0.6 is 0 Å². The second kappa shape index (κ2) is 6.66. The van der Waals surface area contributed by atoms with Gasteiger partial charge in [0.1, 0.15) is 0 Å². The zero-order valence-electron chi connectivity index (χ0n) is 15.1. The molecule has 1 aliphatic heterocycles. The van der Waals surface area contributed by atoms with Gasteiger partial charge < -0.3 is 15.5 Å². The molecule has 1 amide bonds. The van der Waals surface area contributed by atoms with Crippen LogP contribution < -0.4 is 5.73 Å². The average molecular weight is 297 g/mol. The Labute approximate surface area is 131 Å². The Hall–Kier alpha value is -0.610. The highest BCUT2D eigenvalue weighted by Gasteiger charge is 2.43. The van der Waals surface area contributed by atoms with E-state index in [4.69, 9.17) is 5.73 Å². The minimum atomic E-state index is -0.519. The van der Waals surface area contributed by atoms with Crippen LogP contribution in [0.2, 0.25) is 0 Å². The first kappa shape index (κ1) is 18.4. The zero-order valence-corrected chi connectivity index (χ0v) is 15.1. The van der Waals surface area contributed by atoms with Gasteiger partial charge in [0.2, 0.25) is 5.91 Å². The fraction of sp³-hybridized carbons (Fsp3) is 0.941. The number of hydrogen-bond donors (Lipinski definition) is 1. The molecule has 124 valence electrons. The van der Waals surface area contributed by atoms with Crippen LogP contribution in [0.3, 0.4) is 0 Å². The molecule has 0 radical (unpaired) electrons. The summed E-state index contributed by atoms with van der Waals surface area (Å²) in [6.07, 6.45) is 2.20. The molecule has 0 atom stereocenters. The highest BCUT2D eigenvalue weighted by molar-refractivity contribution is 5.83. The highest BCUT2D eigenvalue weighted by Crippen LogP contribution is 2.32. The molecule has 2 N–H and O–H groups in total. The number of nitrogens with zero attached hydrogens (tertiary/aromatic N) is 2. The van der Waals surface area contributed by atoms with E-state index >= 15 is 0 Å². The van der Waals surface area contributed by atoms with Crippen LogP contribution in [-0.4, -0.2) is 54.0 Å². The predicted octanol–water partition coefficient (Wildman–Crippen LogP) is 2.33. The summed E-state index contributed by atoms with van der Waals surface area (Å²) < 4.78 is 0. The summed E-state index contributed by atoms with van der Waals surface area (Å²) in [5, 5.41) is 0. The van der Waals surface area contributed by atoms with E-state index in [-0.39, 0.29) is 5.91 Å². The minimum Gasteiger partial charge on any atom is -0.342 e. The lowest BCUT2D eigenvalue weighted by atomic mass is 9.73. The van der Waals surface area contributed by atoms with Crippen molar-refractivity contribution in [2.45, 2.75) is 66.0 Å². The van der Waals surface area contributed by atoms with Gasteiger partial charge in [-0.1, -0.05) is 0 Å². The van der Waals surface area contributed by atoms with E-state index in [0.29, 0.717) is 12.0 Å². The van der Waals surface area contributed by atoms with Crippen molar-refractivity contribution in [2.24, 2.45) is 17.1 Å². The van der Waals surface area contributed by atoms with Crippen LogP contribution in [0.1, 0.15) is 54.4 Å². The predicted molar refractivity (Wildman–Crippen MR) is 89.1 cm³/mol. The summed E-state index contributed by atoms with van der Waals surface area (Å²) in [5.74, 6) is 0.904. The van der Waals surface area contributed by atoms with E-state index in [1.54, 1.807) is 0 Å². The molecule has 1 heterocycles. The van der Waals surface area contributed by atoms with E-state index < -0.39 is 11.0 Å². The van der Waals surface area contributed by atoms with Gasteiger partial charge in [-0.3, -0.25) is 4.79 Å². The molecule has 21 heavy (non-hydrogen) atoms. The van der Waals surface area contributed by atoms with Crippen molar-refractivity contribution in [3.63, 3.8) is 0 Å². The fourth-order valence-electron chi connectivity index (χ4n) is 2.61. The molecule has 0 aromatic carbocycles. The zero-order chi connectivity index (χ0) is 16.4. The van der Waals surface area contributed by atoms with Crippen LogP contribution in [-0.2, 0) is 4.79 Å². The molecule has 0 spiro atoms. The summed E-state index contributed by atoms with van der Waals surface area (Å²) in [6, 6.07) is 0.585. The van der Waals surface area contributed by atoms with E-state index in [2.05, 4.69) is 25.8 Å². The first-order valence-corrected chi connectivity index (χ1v) is 8.25. The van der Waals surface area contributed by atoms with Crippen molar-refractivity contribution in [2.75, 3.05) is 26.7 Å². The quantitative estimate of drug-likeness (QED) is 0.847. The molecule has 1 aliphatic rings. The van der Waals surface area contributed by atoms with Gasteiger partial charge in [0.25, 0.3) is 0 Å². The number of carbonyl (C=O) groups excluding carboxylic acids is 1. The third kappa shape index (κ3) is 4.43. The molecule has 0 saturated carbocycles. The van der Waals surface area contributed by atoms with E-state index in [1.165, 1.54) is 0 Å². The molecule has 0 aromatic rings. The van der Waals surface area contributed by atoms with Gasteiger partial charge in [-0.2, -0.15) is 0 Å². The standard InChI is InChI=1S/C17H35N3O/c1-13(2)19(7)12-14-8-10-20(11-9-14)15(21)16(3,4)17(5,6)18/h13-14H,8-12,18H2,1-7H3. The Balaban J connectivity index is 2.55. The Kier molecular flexibility index (Phi) is 5.84. The molecule has 4 heteroatoms. The van der Waals surface area contributed by atoms with Crippen molar-refractivity contribution in [3.8, 4) is 0 Å². The van der Waals surface area contributed by atoms with Crippen LogP contribution in [0.15, 0.2) is 0 Å². The molecule has 0 aliphatic carbocycles. The molecule has 0 aromatic heterocycles. The third-order valence-corrected chi connectivity index (χ3v) is 5.47. The summed E-state index contributed by atoms with van der Waals surface area (Å²) in [4.78, 5) is 17.2. The fourth-order valence-corrected chi connectivity index (χ4v) is 2.61. The maximum absolute atomic E-state index is 12.7. The number of nitrogens with two attached hydrogens (primary N) is 1. The molecule has 4 nitrogen and oxygen atoms in total.